The number of rotatable bonds is 4. The van der Waals surface area contributed by atoms with Gasteiger partial charge >= 0.3 is 0 Å². The molecule has 3 aliphatic rings. The van der Waals surface area contributed by atoms with E-state index in [0.29, 0.717) is 28.4 Å². The number of para-hydroxylation sites is 1. The van der Waals surface area contributed by atoms with E-state index in [-0.39, 0.29) is 37.5 Å². The third-order valence-electron chi connectivity index (χ3n) is 6.27. The molecule has 0 bridgehead atoms. The van der Waals surface area contributed by atoms with Gasteiger partial charge in [-0.15, -0.1) is 0 Å². The fourth-order valence-electron chi connectivity index (χ4n) is 4.52. The van der Waals surface area contributed by atoms with Gasteiger partial charge in [0.25, 0.3) is 5.91 Å². The molecule has 2 amide bonds. The van der Waals surface area contributed by atoms with Gasteiger partial charge in [0.15, 0.2) is 23.0 Å². The van der Waals surface area contributed by atoms with Crippen LogP contribution >= 0.6 is 0 Å². The molecule has 3 aliphatic heterocycles. The zero-order valence-electron chi connectivity index (χ0n) is 17.8. The molecule has 0 aliphatic carbocycles. The average Bonchev–Trinajstić information content (AvgIpc) is 3.56. The molecule has 33 heavy (non-hydrogen) atoms. The first-order valence-corrected chi connectivity index (χ1v) is 10.7. The maximum Gasteiger partial charge on any atom is 0.275 e. The number of aromatic nitrogens is 1. The molecule has 0 spiro atoms. The van der Waals surface area contributed by atoms with Crippen LogP contribution in [0.5, 0.6) is 11.5 Å². The number of hydrogen-bond donors (Lipinski definition) is 2. The molecular formula is C24H21N3O6. The van der Waals surface area contributed by atoms with Crippen molar-refractivity contribution in [3.63, 3.8) is 0 Å². The molecule has 1 aromatic heterocycles. The quantitative estimate of drug-likeness (QED) is 0.636. The topological polar surface area (TPSA) is 104 Å². The second kappa shape index (κ2) is 7.28. The number of nitrogens with one attached hydrogen (secondary N) is 1. The number of piperazine rings is 1. The monoisotopic (exact) mass is 447 g/mol. The fraction of sp³-hybridized carbons (Fsp3) is 0.250. The zero-order valence-corrected chi connectivity index (χ0v) is 17.8. The number of aliphatic hydroxyl groups excluding tert-OH is 1. The summed E-state index contributed by atoms with van der Waals surface area (Å²) in [5.41, 5.74) is 2.40. The van der Waals surface area contributed by atoms with E-state index in [2.05, 4.69) is 4.98 Å². The van der Waals surface area contributed by atoms with E-state index in [1.165, 1.54) is 9.80 Å². The van der Waals surface area contributed by atoms with Crippen LogP contribution < -0.4 is 9.47 Å². The van der Waals surface area contributed by atoms with Gasteiger partial charge in [-0.25, -0.2) is 0 Å². The summed E-state index contributed by atoms with van der Waals surface area (Å²) < 4.78 is 17.3. The van der Waals surface area contributed by atoms with Gasteiger partial charge in [-0.2, -0.15) is 0 Å². The summed E-state index contributed by atoms with van der Waals surface area (Å²) in [6.07, 6.45) is 0.945. The molecule has 9 nitrogen and oxygen atoms in total. The minimum Gasteiger partial charge on any atom is -0.463 e. The van der Waals surface area contributed by atoms with Gasteiger partial charge < -0.3 is 29.2 Å². The number of H-pyrrole nitrogens is 1. The molecule has 6 rings (SSSR count). The summed E-state index contributed by atoms with van der Waals surface area (Å²) in [4.78, 5) is 32.9. The Labute approximate surface area is 188 Å². The van der Waals surface area contributed by atoms with Gasteiger partial charge in [0.05, 0.1) is 12.6 Å². The van der Waals surface area contributed by atoms with Crippen LogP contribution in [-0.4, -0.2) is 57.7 Å². The number of carbonyl (C=O) groups excluding carboxylic acids is 2. The van der Waals surface area contributed by atoms with Crippen molar-refractivity contribution >= 4 is 28.5 Å². The molecule has 1 fully saturated rings. The van der Waals surface area contributed by atoms with E-state index >= 15 is 0 Å². The normalized spacial score (nSPS) is 20.5. The van der Waals surface area contributed by atoms with Crippen molar-refractivity contribution in [1.82, 2.24) is 14.8 Å². The SMILES string of the molecule is CC(CO)N1CC(=O)N2C(=C(c3c[nH]c4ccccc34)OC2c2ccc3c(c2)OCO3)C1=O. The Hall–Kier alpha value is -3.98. The van der Waals surface area contributed by atoms with Crippen LogP contribution in [0.25, 0.3) is 16.7 Å². The lowest BCUT2D eigenvalue weighted by Crippen LogP contribution is -2.55. The van der Waals surface area contributed by atoms with E-state index < -0.39 is 12.3 Å². The maximum atomic E-state index is 13.6. The van der Waals surface area contributed by atoms with Gasteiger partial charge in [-0.1, -0.05) is 18.2 Å². The second-order valence-corrected chi connectivity index (χ2v) is 8.24. The molecule has 9 heteroatoms. The second-order valence-electron chi connectivity index (χ2n) is 8.24. The Morgan fingerprint density at radius 1 is 1.15 bits per heavy atom. The molecular weight excluding hydrogens is 426 g/mol. The number of ether oxygens (including phenoxy) is 3. The standard InChI is InChI=1S/C24H21N3O6/c1-13(11-28)26-10-20(29)27-21(23(26)30)22(16-9-25-17-5-3-2-4-15(16)17)33-24(27)14-6-7-18-19(8-14)32-12-31-18/h2-9,13,24-25,28H,10-12H2,1H3. The van der Waals surface area contributed by atoms with Gasteiger partial charge in [-0.3, -0.25) is 14.5 Å². The third-order valence-corrected chi connectivity index (χ3v) is 6.27. The van der Waals surface area contributed by atoms with E-state index in [0.717, 1.165) is 10.9 Å². The number of benzene rings is 2. The van der Waals surface area contributed by atoms with Crippen LogP contribution in [0, 0.1) is 0 Å². The number of aromatic amines is 1. The van der Waals surface area contributed by atoms with Crippen LogP contribution in [0.1, 0.15) is 24.3 Å². The highest BCUT2D eigenvalue weighted by atomic mass is 16.7. The summed E-state index contributed by atoms with van der Waals surface area (Å²) in [7, 11) is 0. The van der Waals surface area contributed by atoms with Crippen molar-refractivity contribution in [2.75, 3.05) is 19.9 Å². The lowest BCUT2D eigenvalue weighted by Gasteiger charge is -2.37. The molecule has 2 aromatic carbocycles. The van der Waals surface area contributed by atoms with Crippen molar-refractivity contribution in [2.45, 2.75) is 19.2 Å². The maximum absolute atomic E-state index is 13.6. The number of carbonyl (C=O) groups is 2. The van der Waals surface area contributed by atoms with Crippen molar-refractivity contribution in [2.24, 2.45) is 0 Å². The zero-order chi connectivity index (χ0) is 22.7. The predicted molar refractivity (Wildman–Crippen MR) is 117 cm³/mol. The van der Waals surface area contributed by atoms with Crippen molar-refractivity contribution in [3.05, 3.63) is 65.5 Å². The Bertz CT molecular complexity index is 1330. The van der Waals surface area contributed by atoms with Crippen molar-refractivity contribution in [1.29, 1.82) is 0 Å². The smallest absolute Gasteiger partial charge is 0.275 e. The minimum absolute atomic E-state index is 0.129. The number of fused-ring (bicyclic) bond motifs is 3. The van der Waals surface area contributed by atoms with Crippen molar-refractivity contribution < 1.29 is 28.9 Å². The lowest BCUT2D eigenvalue weighted by atomic mass is 10.1. The summed E-state index contributed by atoms with van der Waals surface area (Å²) >= 11 is 0. The molecule has 4 heterocycles. The summed E-state index contributed by atoms with van der Waals surface area (Å²) in [6.45, 7) is 1.44. The first-order valence-electron chi connectivity index (χ1n) is 10.7. The summed E-state index contributed by atoms with van der Waals surface area (Å²) in [5.74, 6) is 0.848. The van der Waals surface area contributed by atoms with Gasteiger partial charge in [0.2, 0.25) is 18.9 Å². The third kappa shape index (κ3) is 2.89. The highest BCUT2D eigenvalue weighted by Crippen LogP contribution is 2.46. The highest BCUT2D eigenvalue weighted by Gasteiger charge is 2.49. The van der Waals surface area contributed by atoms with E-state index in [9.17, 15) is 14.7 Å². The van der Waals surface area contributed by atoms with E-state index in [1.807, 2.05) is 24.3 Å². The molecule has 2 N–H and O–H groups in total. The lowest BCUT2D eigenvalue weighted by molar-refractivity contribution is -0.151. The average molecular weight is 447 g/mol. The number of amides is 2. The van der Waals surface area contributed by atoms with E-state index in [1.54, 1.807) is 31.3 Å². The first kappa shape index (κ1) is 19.7. The Morgan fingerprint density at radius 3 is 2.82 bits per heavy atom. The minimum atomic E-state index is -0.832. The van der Waals surface area contributed by atoms with Gasteiger partial charge in [0, 0.05) is 28.2 Å². The molecule has 3 aromatic rings. The first-order chi connectivity index (χ1) is 16.1. The van der Waals surface area contributed by atoms with Gasteiger partial charge in [-0.05, 0) is 31.2 Å². The predicted octanol–water partition coefficient (Wildman–Crippen LogP) is 2.35. The largest absolute Gasteiger partial charge is 0.463 e. The van der Waals surface area contributed by atoms with Crippen LogP contribution in [0.2, 0.25) is 0 Å². The molecule has 0 saturated carbocycles. The van der Waals surface area contributed by atoms with Crippen LogP contribution in [0.15, 0.2) is 54.4 Å². The molecule has 2 unspecified atom stereocenters. The Balaban J connectivity index is 1.51. The number of hydrogen-bond acceptors (Lipinski definition) is 6. The Morgan fingerprint density at radius 2 is 1.97 bits per heavy atom. The molecule has 1 saturated heterocycles. The molecule has 168 valence electrons. The van der Waals surface area contributed by atoms with Crippen LogP contribution in [0.4, 0.5) is 0 Å². The van der Waals surface area contributed by atoms with Crippen LogP contribution in [0.3, 0.4) is 0 Å². The highest BCUT2D eigenvalue weighted by molar-refractivity contribution is 6.10. The summed E-state index contributed by atoms with van der Waals surface area (Å²) in [6, 6.07) is 12.5. The molecule has 2 atom stereocenters. The molecule has 0 radical (unpaired) electrons. The fourth-order valence-corrected chi connectivity index (χ4v) is 4.52. The summed E-state index contributed by atoms with van der Waals surface area (Å²) in [5, 5.41) is 10.5. The Kier molecular flexibility index (Phi) is 4.34. The number of nitrogens with zero attached hydrogens (tertiary/aromatic N) is 2. The van der Waals surface area contributed by atoms with Gasteiger partial charge in [0.1, 0.15) is 6.54 Å². The number of aliphatic hydroxyl groups is 1. The van der Waals surface area contributed by atoms with Crippen molar-refractivity contribution in [3.8, 4) is 11.5 Å². The van der Waals surface area contributed by atoms with E-state index in [4.69, 9.17) is 14.2 Å². The van der Waals surface area contributed by atoms with Crippen LogP contribution in [-0.2, 0) is 14.3 Å².